The molecule has 0 bridgehead atoms. The maximum atomic E-state index is 11.6. The van der Waals surface area contributed by atoms with Crippen LogP contribution >= 0.6 is 11.8 Å². The lowest BCUT2D eigenvalue weighted by Crippen LogP contribution is -2.05. The van der Waals surface area contributed by atoms with Crippen molar-refractivity contribution in [3.05, 3.63) is 39.4 Å². The van der Waals surface area contributed by atoms with E-state index in [9.17, 15) is 19.7 Å². The molecule has 110 valence electrons. The number of thioether (sulfide) groups is 1. The Bertz CT molecular complexity index is 630. The van der Waals surface area contributed by atoms with Gasteiger partial charge in [-0.05, 0) is 6.07 Å². The number of nitro groups is 1. The summed E-state index contributed by atoms with van der Waals surface area (Å²) in [6, 6.07) is 3.83. The maximum absolute atomic E-state index is 11.6. The Morgan fingerprint density at radius 2 is 2.14 bits per heavy atom. The number of rotatable bonds is 4. The van der Waals surface area contributed by atoms with E-state index in [0.29, 0.717) is 17.7 Å². The van der Waals surface area contributed by atoms with Gasteiger partial charge in [-0.1, -0.05) is 23.6 Å². The van der Waals surface area contributed by atoms with Gasteiger partial charge in [0.25, 0.3) is 5.69 Å². The van der Waals surface area contributed by atoms with Crippen molar-refractivity contribution in [2.24, 2.45) is 0 Å². The summed E-state index contributed by atoms with van der Waals surface area (Å²) in [5, 5.41) is 10.7. The fraction of sp³-hybridized carbons (Fsp3) is 0.286. The molecule has 1 aromatic carbocycles. The first kappa shape index (κ1) is 16.7. The first-order chi connectivity index (χ1) is 9.95. The van der Waals surface area contributed by atoms with E-state index in [-0.39, 0.29) is 16.4 Å². The Morgan fingerprint density at radius 3 is 2.71 bits per heavy atom. The highest BCUT2D eigenvalue weighted by molar-refractivity contribution is 8.13. The largest absolute Gasteiger partial charge is 0.465 e. The van der Waals surface area contributed by atoms with Crippen LogP contribution in [0.1, 0.15) is 29.3 Å². The van der Waals surface area contributed by atoms with Gasteiger partial charge in [-0.3, -0.25) is 14.9 Å². The number of esters is 1. The monoisotopic (exact) mass is 307 g/mol. The van der Waals surface area contributed by atoms with Crippen molar-refractivity contribution in [3.63, 3.8) is 0 Å². The third kappa shape index (κ3) is 5.28. The standard InChI is InChI=1S/C14H13NO5S/c1-10(16)21-8-4-3-5-11-6-7-12(15(18)19)9-13(11)14(17)20-2/h6-7,9H,4,8H2,1-2H3. The molecule has 1 rings (SSSR count). The van der Waals surface area contributed by atoms with Crippen LogP contribution in [0, 0.1) is 22.0 Å². The first-order valence-electron chi connectivity index (χ1n) is 5.94. The van der Waals surface area contributed by atoms with Crippen molar-refractivity contribution < 1.29 is 19.2 Å². The van der Waals surface area contributed by atoms with Crippen molar-refractivity contribution in [2.45, 2.75) is 13.3 Å². The highest BCUT2D eigenvalue weighted by atomic mass is 32.2. The van der Waals surface area contributed by atoms with E-state index in [4.69, 9.17) is 0 Å². The number of benzene rings is 1. The predicted molar refractivity (Wildman–Crippen MR) is 79.1 cm³/mol. The van der Waals surface area contributed by atoms with Crippen LogP contribution in [-0.2, 0) is 9.53 Å². The Kier molecular flexibility index (Phi) is 6.43. The lowest BCUT2D eigenvalue weighted by atomic mass is 10.1. The number of hydrogen-bond acceptors (Lipinski definition) is 6. The van der Waals surface area contributed by atoms with Crippen LogP contribution in [0.4, 0.5) is 5.69 Å². The normalized spacial score (nSPS) is 9.43. The van der Waals surface area contributed by atoms with Gasteiger partial charge in [0.2, 0.25) is 0 Å². The van der Waals surface area contributed by atoms with E-state index in [1.54, 1.807) is 0 Å². The van der Waals surface area contributed by atoms with Gasteiger partial charge in [0.1, 0.15) is 0 Å². The van der Waals surface area contributed by atoms with Gasteiger partial charge in [-0.15, -0.1) is 0 Å². The van der Waals surface area contributed by atoms with Crippen molar-refractivity contribution in [2.75, 3.05) is 12.9 Å². The topological polar surface area (TPSA) is 86.5 Å². The van der Waals surface area contributed by atoms with Gasteiger partial charge in [-0.25, -0.2) is 4.79 Å². The molecule has 0 atom stereocenters. The molecule has 0 aliphatic carbocycles. The molecule has 0 aromatic heterocycles. The second-order valence-electron chi connectivity index (χ2n) is 3.87. The van der Waals surface area contributed by atoms with Crippen LogP contribution in [0.2, 0.25) is 0 Å². The number of ether oxygens (including phenoxy) is 1. The Morgan fingerprint density at radius 1 is 1.43 bits per heavy atom. The molecule has 0 amide bonds. The highest BCUT2D eigenvalue weighted by Crippen LogP contribution is 2.18. The van der Waals surface area contributed by atoms with Gasteiger partial charge in [0, 0.05) is 36.8 Å². The molecular weight excluding hydrogens is 294 g/mol. The molecule has 0 heterocycles. The highest BCUT2D eigenvalue weighted by Gasteiger charge is 2.16. The molecule has 0 aliphatic heterocycles. The summed E-state index contributed by atoms with van der Waals surface area (Å²) >= 11 is 1.17. The van der Waals surface area contributed by atoms with E-state index >= 15 is 0 Å². The second kappa shape index (κ2) is 8.07. The molecule has 0 spiro atoms. The molecular formula is C14H13NO5S. The van der Waals surface area contributed by atoms with Gasteiger partial charge >= 0.3 is 5.97 Å². The van der Waals surface area contributed by atoms with Crippen molar-refractivity contribution >= 4 is 28.5 Å². The number of nitrogens with zero attached hydrogens (tertiary/aromatic N) is 1. The average molecular weight is 307 g/mol. The number of non-ortho nitro benzene ring substituents is 1. The van der Waals surface area contributed by atoms with Crippen LogP contribution in [0.25, 0.3) is 0 Å². The third-order valence-corrected chi connectivity index (χ3v) is 3.19. The molecule has 6 nitrogen and oxygen atoms in total. The molecule has 1 aromatic rings. The van der Waals surface area contributed by atoms with Crippen molar-refractivity contribution in [3.8, 4) is 11.8 Å². The number of hydrogen-bond donors (Lipinski definition) is 0. The molecule has 0 fully saturated rings. The zero-order chi connectivity index (χ0) is 15.8. The molecule has 21 heavy (non-hydrogen) atoms. The Balaban J connectivity index is 2.95. The minimum Gasteiger partial charge on any atom is -0.465 e. The van der Waals surface area contributed by atoms with E-state index in [2.05, 4.69) is 16.6 Å². The Hall–Kier alpha value is -2.33. The molecule has 0 aliphatic rings. The number of carbonyl (C=O) groups excluding carboxylic acids is 2. The summed E-state index contributed by atoms with van der Waals surface area (Å²) in [5.74, 6) is 5.47. The van der Waals surface area contributed by atoms with E-state index < -0.39 is 10.9 Å². The summed E-state index contributed by atoms with van der Waals surface area (Å²) in [7, 11) is 1.20. The maximum Gasteiger partial charge on any atom is 0.339 e. The first-order valence-corrected chi connectivity index (χ1v) is 6.93. The number of carbonyl (C=O) groups is 2. The third-order valence-electron chi connectivity index (χ3n) is 2.37. The summed E-state index contributed by atoms with van der Waals surface area (Å²) in [4.78, 5) is 32.5. The van der Waals surface area contributed by atoms with Crippen molar-refractivity contribution in [1.29, 1.82) is 0 Å². The lowest BCUT2D eigenvalue weighted by molar-refractivity contribution is -0.384. The molecule has 0 N–H and O–H groups in total. The van der Waals surface area contributed by atoms with Crippen LogP contribution < -0.4 is 0 Å². The lowest BCUT2D eigenvalue weighted by Gasteiger charge is -2.02. The number of nitro benzene ring substituents is 1. The summed E-state index contributed by atoms with van der Waals surface area (Å²) in [6.07, 6.45) is 0.474. The van der Waals surface area contributed by atoms with Gasteiger partial charge in [0.05, 0.1) is 17.6 Å². The van der Waals surface area contributed by atoms with Gasteiger partial charge in [-0.2, -0.15) is 0 Å². The minimum atomic E-state index is -0.680. The second-order valence-corrected chi connectivity index (χ2v) is 5.14. The van der Waals surface area contributed by atoms with Crippen LogP contribution in [-0.4, -0.2) is 28.9 Å². The SMILES string of the molecule is COC(=O)c1cc([N+](=O)[O-])ccc1C#CCCSC(C)=O. The predicted octanol–water partition coefficient (Wildman–Crippen LogP) is 2.40. The van der Waals surface area contributed by atoms with Gasteiger partial charge in [0.15, 0.2) is 5.12 Å². The van der Waals surface area contributed by atoms with Gasteiger partial charge < -0.3 is 4.74 Å². The van der Waals surface area contributed by atoms with Crippen LogP contribution in [0.3, 0.4) is 0 Å². The fourth-order valence-electron chi connectivity index (χ4n) is 1.44. The minimum absolute atomic E-state index is 0.0161. The quantitative estimate of drug-likeness (QED) is 0.279. The van der Waals surface area contributed by atoms with E-state index in [1.165, 1.54) is 37.9 Å². The summed E-state index contributed by atoms with van der Waals surface area (Å²) in [5.41, 5.74) is 0.215. The van der Waals surface area contributed by atoms with E-state index in [1.807, 2.05) is 0 Å². The fourth-order valence-corrected chi connectivity index (χ4v) is 1.93. The van der Waals surface area contributed by atoms with Crippen LogP contribution in [0.5, 0.6) is 0 Å². The molecule has 0 saturated heterocycles. The number of methoxy groups -OCH3 is 1. The molecule has 0 saturated carbocycles. The average Bonchev–Trinajstić information content (AvgIpc) is 2.45. The molecule has 7 heteroatoms. The Labute approximate surface area is 126 Å². The zero-order valence-electron chi connectivity index (χ0n) is 11.5. The zero-order valence-corrected chi connectivity index (χ0v) is 12.4. The summed E-state index contributed by atoms with van der Waals surface area (Å²) < 4.78 is 4.59. The van der Waals surface area contributed by atoms with Crippen LogP contribution in [0.15, 0.2) is 18.2 Å². The van der Waals surface area contributed by atoms with E-state index in [0.717, 1.165) is 6.07 Å². The molecule has 0 unspecified atom stereocenters. The van der Waals surface area contributed by atoms with Crippen molar-refractivity contribution in [1.82, 2.24) is 0 Å². The smallest absolute Gasteiger partial charge is 0.339 e. The summed E-state index contributed by atoms with van der Waals surface area (Å²) in [6.45, 7) is 1.48. The molecule has 0 radical (unpaired) electrons.